The van der Waals surface area contributed by atoms with Crippen LogP contribution in [0, 0.1) is 5.82 Å². The quantitative estimate of drug-likeness (QED) is 0.713. The van der Waals surface area contributed by atoms with Crippen molar-refractivity contribution in [2.75, 3.05) is 4.90 Å². The fourth-order valence-electron chi connectivity index (χ4n) is 3.87. The molecule has 0 spiro atoms. The zero-order chi connectivity index (χ0) is 21.7. The van der Waals surface area contributed by atoms with Gasteiger partial charge in [-0.25, -0.2) is 4.39 Å². The third kappa shape index (κ3) is 5.18. The molecule has 160 valence electrons. The number of hydrogen-bond donors (Lipinski definition) is 2. The maximum absolute atomic E-state index is 14.0. The van der Waals surface area contributed by atoms with Crippen LogP contribution in [0.5, 0.6) is 0 Å². The van der Waals surface area contributed by atoms with Crippen molar-refractivity contribution < 1.29 is 14.0 Å². The number of nitrogens with zero attached hydrogens (tertiary/aromatic N) is 1. The van der Waals surface area contributed by atoms with Crippen molar-refractivity contribution in [2.45, 2.75) is 57.2 Å². The van der Waals surface area contributed by atoms with E-state index in [0.29, 0.717) is 10.6 Å². The van der Waals surface area contributed by atoms with Gasteiger partial charge in [0.1, 0.15) is 11.9 Å². The van der Waals surface area contributed by atoms with Crippen LogP contribution in [0.3, 0.4) is 0 Å². The number of rotatable bonds is 6. The minimum atomic E-state index is -1.07. The third-order valence-corrected chi connectivity index (χ3v) is 5.72. The van der Waals surface area contributed by atoms with Gasteiger partial charge in [0.25, 0.3) is 0 Å². The Morgan fingerprint density at radius 2 is 1.83 bits per heavy atom. The first-order chi connectivity index (χ1) is 14.4. The number of amides is 2. The van der Waals surface area contributed by atoms with Crippen LogP contribution >= 0.6 is 11.6 Å². The van der Waals surface area contributed by atoms with Crippen LogP contribution in [0.2, 0.25) is 5.02 Å². The van der Waals surface area contributed by atoms with Crippen molar-refractivity contribution in [1.29, 1.82) is 0 Å². The van der Waals surface area contributed by atoms with Gasteiger partial charge in [-0.15, -0.1) is 0 Å². The van der Waals surface area contributed by atoms with Crippen LogP contribution in [-0.2, 0) is 9.59 Å². The zero-order valence-corrected chi connectivity index (χ0v) is 17.7. The lowest BCUT2D eigenvalue weighted by molar-refractivity contribution is -0.127. The minimum Gasteiger partial charge on any atom is -0.351 e. The van der Waals surface area contributed by atoms with Crippen molar-refractivity contribution >= 4 is 29.1 Å². The molecule has 0 bridgehead atoms. The number of hydrogen-bond acceptors (Lipinski definition) is 3. The van der Waals surface area contributed by atoms with Gasteiger partial charge < -0.3 is 11.1 Å². The molecule has 1 fully saturated rings. The number of halogens is 2. The minimum absolute atomic E-state index is 0.0380. The average molecular weight is 432 g/mol. The van der Waals surface area contributed by atoms with Gasteiger partial charge in [-0.3, -0.25) is 14.5 Å². The lowest BCUT2D eigenvalue weighted by atomic mass is 9.94. The molecule has 1 saturated carbocycles. The number of nitrogens with one attached hydrogen (secondary N) is 1. The third-order valence-electron chi connectivity index (χ3n) is 5.37. The molecule has 30 heavy (non-hydrogen) atoms. The predicted molar refractivity (Wildman–Crippen MR) is 117 cm³/mol. The molecule has 3 rings (SSSR count). The van der Waals surface area contributed by atoms with Gasteiger partial charge in [0.05, 0.1) is 6.04 Å². The molecule has 5 nitrogen and oxygen atoms in total. The summed E-state index contributed by atoms with van der Waals surface area (Å²) in [6.45, 7) is 1.54. The van der Waals surface area contributed by atoms with Crippen molar-refractivity contribution in [1.82, 2.24) is 5.32 Å². The second-order valence-electron chi connectivity index (χ2n) is 7.74. The van der Waals surface area contributed by atoms with E-state index in [0.717, 1.165) is 32.1 Å². The molecular formula is C23H27ClFN3O2. The number of benzene rings is 2. The van der Waals surface area contributed by atoms with Crippen molar-refractivity contribution in [3.8, 4) is 0 Å². The van der Waals surface area contributed by atoms with E-state index in [2.05, 4.69) is 5.32 Å². The fourth-order valence-corrected chi connectivity index (χ4v) is 4.11. The van der Waals surface area contributed by atoms with Crippen LogP contribution < -0.4 is 16.0 Å². The lowest BCUT2D eigenvalue weighted by Gasteiger charge is -2.34. The van der Waals surface area contributed by atoms with E-state index in [1.807, 2.05) is 0 Å². The summed E-state index contributed by atoms with van der Waals surface area (Å²) in [6.07, 6.45) is 5.03. The Bertz CT molecular complexity index is 900. The molecule has 2 aromatic rings. The van der Waals surface area contributed by atoms with Gasteiger partial charge in [0.15, 0.2) is 0 Å². The molecule has 1 aliphatic rings. The van der Waals surface area contributed by atoms with E-state index >= 15 is 0 Å². The number of carbonyl (C=O) groups excluding carboxylic acids is 2. The molecule has 0 saturated heterocycles. The summed E-state index contributed by atoms with van der Waals surface area (Å²) in [5.41, 5.74) is 6.62. The van der Waals surface area contributed by atoms with E-state index in [-0.39, 0.29) is 17.6 Å². The number of carbonyl (C=O) groups is 2. The second kappa shape index (κ2) is 10.0. The molecule has 0 aromatic heterocycles. The van der Waals surface area contributed by atoms with E-state index < -0.39 is 23.8 Å². The number of nitrogens with two attached hydrogens (primary N) is 1. The summed E-state index contributed by atoms with van der Waals surface area (Å²) < 4.78 is 14.0. The summed E-state index contributed by atoms with van der Waals surface area (Å²) in [7, 11) is 0. The summed E-state index contributed by atoms with van der Waals surface area (Å²) >= 11 is 6.43. The van der Waals surface area contributed by atoms with Gasteiger partial charge in [-0.1, -0.05) is 55.1 Å². The monoisotopic (exact) mass is 431 g/mol. The molecule has 1 unspecified atom stereocenters. The molecule has 2 aromatic carbocycles. The molecule has 0 aliphatic heterocycles. The molecule has 7 heteroatoms. The standard InChI is InChI=1S/C23H27ClFN3O2/c1-15(26)23(30)28(18-11-7-8-16(25)14-18)21(19-12-5-6-13-20(19)24)22(29)27-17-9-3-2-4-10-17/h5-8,11-15,17,21H,2-4,9-10,26H2,1H3,(H,27,29)/t15-,21?/m1/s1. The summed E-state index contributed by atoms with van der Waals surface area (Å²) in [4.78, 5) is 27.9. The van der Waals surface area contributed by atoms with E-state index in [4.69, 9.17) is 17.3 Å². The highest BCUT2D eigenvalue weighted by molar-refractivity contribution is 6.31. The van der Waals surface area contributed by atoms with Crippen LogP contribution in [0.1, 0.15) is 50.6 Å². The maximum Gasteiger partial charge on any atom is 0.248 e. The molecule has 1 aliphatic carbocycles. The highest BCUT2D eigenvalue weighted by Crippen LogP contribution is 2.33. The Labute approximate surface area is 181 Å². The Morgan fingerprint density at radius 3 is 2.47 bits per heavy atom. The SMILES string of the molecule is C[C@@H](N)C(=O)N(c1cccc(F)c1)C(C(=O)NC1CCCCC1)c1ccccc1Cl. The zero-order valence-electron chi connectivity index (χ0n) is 17.0. The fraction of sp³-hybridized carbons (Fsp3) is 0.391. The van der Waals surface area contributed by atoms with E-state index in [9.17, 15) is 14.0 Å². The molecule has 0 heterocycles. The van der Waals surface area contributed by atoms with Gasteiger partial charge in [0, 0.05) is 22.3 Å². The first kappa shape index (κ1) is 22.2. The Hall–Kier alpha value is -2.44. The highest BCUT2D eigenvalue weighted by atomic mass is 35.5. The van der Waals surface area contributed by atoms with E-state index in [1.54, 1.807) is 30.3 Å². The molecule has 2 amide bonds. The van der Waals surface area contributed by atoms with Gasteiger partial charge in [-0.2, -0.15) is 0 Å². The smallest absolute Gasteiger partial charge is 0.248 e. The Balaban J connectivity index is 2.07. The van der Waals surface area contributed by atoms with Crippen LogP contribution in [-0.4, -0.2) is 23.9 Å². The van der Waals surface area contributed by atoms with Crippen LogP contribution in [0.25, 0.3) is 0 Å². The lowest BCUT2D eigenvalue weighted by Crippen LogP contribution is -2.51. The summed E-state index contributed by atoms with van der Waals surface area (Å²) in [5, 5.41) is 3.42. The first-order valence-corrected chi connectivity index (χ1v) is 10.7. The Morgan fingerprint density at radius 1 is 1.13 bits per heavy atom. The number of anilines is 1. The van der Waals surface area contributed by atoms with Crippen molar-refractivity contribution in [3.63, 3.8) is 0 Å². The van der Waals surface area contributed by atoms with Crippen LogP contribution in [0.4, 0.5) is 10.1 Å². The summed E-state index contributed by atoms with van der Waals surface area (Å²) in [5.74, 6) is -1.36. The Kier molecular flexibility index (Phi) is 7.45. The van der Waals surface area contributed by atoms with E-state index in [1.165, 1.54) is 30.0 Å². The van der Waals surface area contributed by atoms with Gasteiger partial charge >= 0.3 is 0 Å². The highest BCUT2D eigenvalue weighted by Gasteiger charge is 2.36. The molecule has 0 radical (unpaired) electrons. The summed E-state index contributed by atoms with van der Waals surface area (Å²) in [6, 6.07) is 10.5. The normalized spacial score (nSPS) is 16.5. The van der Waals surface area contributed by atoms with Crippen molar-refractivity contribution in [3.05, 3.63) is 64.9 Å². The first-order valence-electron chi connectivity index (χ1n) is 10.3. The maximum atomic E-state index is 14.0. The topological polar surface area (TPSA) is 75.4 Å². The molecular weight excluding hydrogens is 405 g/mol. The largest absolute Gasteiger partial charge is 0.351 e. The second-order valence-corrected chi connectivity index (χ2v) is 8.15. The molecule has 3 N–H and O–H groups in total. The van der Waals surface area contributed by atoms with Gasteiger partial charge in [0.2, 0.25) is 11.8 Å². The molecule has 2 atom stereocenters. The van der Waals surface area contributed by atoms with Gasteiger partial charge in [-0.05, 0) is 44.0 Å². The average Bonchev–Trinajstić information content (AvgIpc) is 2.73. The van der Waals surface area contributed by atoms with Crippen molar-refractivity contribution in [2.24, 2.45) is 5.73 Å². The predicted octanol–water partition coefficient (Wildman–Crippen LogP) is 4.35. The van der Waals surface area contributed by atoms with Crippen LogP contribution in [0.15, 0.2) is 48.5 Å².